The van der Waals surface area contributed by atoms with Crippen molar-refractivity contribution in [3.63, 3.8) is 0 Å². The van der Waals surface area contributed by atoms with Gasteiger partial charge in [-0.15, -0.1) is 5.10 Å². The topological polar surface area (TPSA) is 110 Å². The summed E-state index contributed by atoms with van der Waals surface area (Å²) in [6.07, 6.45) is 4.37. The highest BCUT2D eigenvalue weighted by atomic mass is 16.2. The molecule has 1 heterocycles. The molecule has 0 bridgehead atoms. The van der Waals surface area contributed by atoms with Crippen molar-refractivity contribution >= 4 is 5.91 Å². The fraction of sp³-hybridized carbons (Fsp3) is 0.636. The third kappa shape index (κ3) is 2.84. The molecule has 2 rings (SSSR count). The van der Waals surface area contributed by atoms with Crippen LogP contribution in [0, 0.1) is 17.2 Å². The van der Waals surface area contributed by atoms with Crippen LogP contribution in [0.3, 0.4) is 0 Å². The first-order valence-corrected chi connectivity index (χ1v) is 6.01. The molecule has 96 valence electrons. The molecule has 1 aromatic heterocycles. The van der Waals surface area contributed by atoms with E-state index in [0.29, 0.717) is 12.2 Å². The summed E-state index contributed by atoms with van der Waals surface area (Å²) in [6, 6.07) is 2.20. The highest BCUT2D eigenvalue weighted by Crippen LogP contribution is 2.24. The maximum Gasteiger partial charge on any atom is 0.242 e. The van der Waals surface area contributed by atoms with E-state index in [1.807, 2.05) is 0 Å². The SMILES string of the molecule is N#CC1CCCC1NC(=O)Cn1cc(CN)nn1. The Hall–Kier alpha value is -1.94. The zero-order chi connectivity index (χ0) is 13.0. The molecule has 7 nitrogen and oxygen atoms in total. The Morgan fingerprint density at radius 3 is 3.17 bits per heavy atom. The summed E-state index contributed by atoms with van der Waals surface area (Å²) in [6.45, 7) is 0.419. The average molecular weight is 248 g/mol. The van der Waals surface area contributed by atoms with Gasteiger partial charge in [-0.05, 0) is 19.3 Å². The summed E-state index contributed by atoms with van der Waals surface area (Å²) >= 11 is 0. The number of amides is 1. The molecular weight excluding hydrogens is 232 g/mol. The lowest BCUT2D eigenvalue weighted by Gasteiger charge is -2.15. The summed E-state index contributed by atoms with van der Waals surface area (Å²) in [5, 5.41) is 19.4. The number of carbonyl (C=O) groups excluding carboxylic acids is 1. The summed E-state index contributed by atoms with van der Waals surface area (Å²) in [5.41, 5.74) is 6.06. The van der Waals surface area contributed by atoms with Gasteiger partial charge in [-0.2, -0.15) is 5.26 Å². The molecule has 0 spiro atoms. The van der Waals surface area contributed by atoms with Gasteiger partial charge < -0.3 is 11.1 Å². The van der Waals surface area contributed by atoms with Gasteiger partial charge in [-0.3, -0.25) is 4.79 Å². The van der Waals surface area contributed by atoms with Gasteiger partial charge in [0.15, 0.2) is 0 Å². The molecule has 1 fully saturated rings. The fourth-order valence-corrected chi connectivity index (χ4v) is 2.20. The molecule has 2 unspecified atom stereocenters. The number of aromatic nitrogens is 3. The third-order valence-electron chi connectivity index (χ3n) is 3.13. The lowest BCUT2D eigenvalue weighted by molar-refractivity contribution is -0.122. The minimum Gasteiger partial charge on any atom is -0.350 e. The monoisotopic (exact) mass is 248 g/mol. The van der Waals surface area contributed by atoms with Crippen LogP contribution in [0.5, 0.6) is 0 Å². The Labute approximate surface area is 105 Å². The van der Waals surface area contributed by atoms with Gasteiger partial charge in [-0.1, -0.05) is 5.21 Å². The number of nitriles is 1. The maximum atomic E-state index is 11.8. The van der Waals surface area contributed by atoms with Crippen LogP contribution in [-0.4, -0.2) is 26.9 Å². The predicted octanol–water partition coefficient (Wildman–Crippen LogP) is -0.455. The molecule has 1 aromatic rings. The van der Waals surface area contributed by atoms with Crippen LogP contribution in [0.2, 0.25) is 0 Å². The lowest BCUT2D eigenvalue weighted by atomic mass is 10.1. The van der Waals surface area contributed by atoms with Crippen molar-refractivity contribution in [3.8, 4) is 6.07 Å². The molecule has 7 heteroatoms. The highest BCUT2D eigenvalue weighted by Gasteiger charge is 2.28. The van der Waals surface area contributed by atoms with Gasteiger partial charge in [0, 0.05) is 12.6 Å². The van der Waals surface area contributed by atoms with E-state index >= 15 is 0 Å². The molecule has 0 aliphatic heterocycles. The number of carbonyl (C=O) groups is 1. The maximum absolute atomic E-state index is 11.8. The van der Waals surface area contributed by atoms with Crippen molar-refractivity contribution in [3.05, 3.63) is 11.9 Å². The summed E-state index contributed by atoms with van der Waals surface area (Å²) < 4.78 is 1.45. The molecular formula is C11H16N6O. The Bertz CT molecular complexity index is 462. The zero-order valence-electron chi connectivity index (χ0n) is 10.0. The van der Waals surface area contributed by atoms with E-state index in [4.69, 9.17) is 11.0 Å². The van der Waals surface area contributed by atoms with Crippen LogP contribution in [0.25, 0.3) is 0 Å². The van der Waals surface area contributed by atoms with E-state index in [2.05, 4.69) is 21.7 Å². The summed E-state index contributed by atoms with van der Waals surface area (Å²) in [4.78, 5) is 11.8. The van der Waals surface area contributed by atoms with Gasteiger partial charge in [0.05, 0.1) is 23.9 Å². The summed E-state index contributed by atoms with van der Waals surface area (Å²) in [5.74, 6) is -0.208. The highest BCUT2D eigenvalue weighted by molar-refractivity contribution is 5.76. The molecule has 1 aliphatic rings. The largest absolute Gasteiger partial charge is 0.350 e. The van der Waals surface area contributed by atoms with Crippen LogP contribution >= 0.6 is 0 Å². The average Bonchev–Trinajstić information content (AvgIpc) is 2.97. The van der Waals surface area contributed by atoms with Crippen LogP contribution in [0.1, 0.15) is 25.0 Å². The standard InChI is InChI=1S/C11H16N6O/c12-4-8-2-1-3-10(8)14-11(18)7-17-6-9(5-13)15-16-17/h6,8,10H,1-3,5,7,13H2,(H,14,18). The minimum absolute atomic E-state index is 0.0278. The number of nitrogens with two attached hydrogens (primary N) is 1. The van der Waals surface area contributed by atoms with E-state index in [0.717, 1.165) is 19.3 Å². The first-order valence-electron chi connectivity index (χ1n) is 6.01. The van der Waals surface area contributed by atoms with Crippen LogP contribution in [-0.2, 0) is 17.9 Å². The van der Waals surface area contributed by atoms with Crippen molar-refractivity contribution in [1.29, 1.82) is 5.26 Å². The molecule has 1 amide bonds. The molecule has 2 atom stereocenters. The quantitative estimate of drug-likeness (QED) is 0.749. The van der Waals surface area contributed by atoms with E-state index in [9.17, 15) is 4.79 Å². The van der Waals surface area contributed by atoms with Gasteiger partial charge in [0.25, 0.3) is 0 Å². The number of nitrogens with one attached hydrogen (secondary N) is 1. The van der Waals surface area contributed by atoms with Crippen LogP contribution in [0.4, 0.5) is 0 Å². The smallest absolute Gasteiger partial charge is 0.242 e. The van der Waals surface area contributed by atoms with Crippen molar-refractivity contribution in [1.82, 2.24) is 20.3 Å². The van der Waals surface area contributed by atoms with E-state index < -0.39 is 0 Å². The Morgan fingerprint density at radius 1 is 1.67 bits per heavy atom. The van der Waals surface area contributed by atoms with Crippen LogP contribution < -0.4 is 11.1 Å². The Morgan fingerprint density at radius 2 is 2.50 bits per heavy atom. The minimum atomic E-state index is -0.143. The molecule has 0 saturated heterocycles. The molecule has 3 N–H and O–H groups in total. The molecule has 0 aromatic carbocycles. The second-order valence-electron chi connectivity index (χ2n) is 4.45. The summed E-state index contributed by atoms with van der Waals surface area (Å²) in [7, 11) is 0. The van der Waals surface area contributed by atoms with Gasteiger partial charge in [-0.25, -0.2) is 4.68 Å². The number of rotatable bonds is 4. The molecule has 0 radical (unpaired) electrons. The van der Waals surface area contributed by atoms with Gasteiger partial charge >= 0.3 is 0 Å². The number of hydrogen-bond acceptors (Lipinski definition) is 5. The van der Waals surface area contributed by atoms with Crippen molar-refractivity contribution in [2.45, 2.75) is 38.4 Å². The predicted molar refractivity (Wildman–Crippen MR) is 62.8 cm³/mol. The number of nitrogens with zero attached hydrogens (tertiary/aromatic N) is 4. The first kappa shape index (κ1) is 12.5. The van der Waals surface area contributed by atoms with Crippen molar-refractivity contribution in [2.24, 2.45) is 11.7 Å². The number of hydrogen-bond donors (Lipinski definition) is 2. The zero-order valence-corrected chi connectivity index (χ0v) is 10.0. The second kappa shape index (κ2) is 5.60. The first-order chi connectivity index (χ1) is 8.72. The van der Waals surface area contributed by atoms with E-state index in [1.54, 1.807) is 6.20 Å². The third-order valence-corrected chi connectivity index (χ3v) is 3.13. The lowest BCUT2D eigenvalue weighted by Crippen LogP contribution is -2.38. The van der Waals surface area contributed by atoms with Gasteiger partial charge in [0.2, 0.25) is 5.91 Å². The molecule has 18 heavy (non-hydrogen) atoms. The van der Waals surface area contributed by atoms with E-state index in [-0.39, 0.29) is 24.4 Å². The fourth-order valence-electron chi connectivity index (χ4n) is 2.20. The molecule has 1 saturated carbocycles. The van der Waals surface area contributed by atoms with Crippen LogP contribution in [0.15, 0.2) is 6.20 Å². The Kier molecular flexibility index (Phi) is 3.89. The Balaban J connectivity index is 1.87. The second-order valence-corrected chi connectivity index (χ2v) is 4.45. The normalized spacial score (nSPS) is 22.7. The van der Waals surface area contributed by atoms with E-state index in [1.165, 1.54) is 4.68 Å². The molecule has 1 aliphatic carbocycles. The van der Waals surface area contributed by atoms with Crippen molar-refractivity contribution < 1.29 is 4.79 Å². The van der Waals surface area contributed by atoms with Crippen molar-refractivity contribution in [2.75, 3.05) is 0 Å². The van der Waals surface area contributed by atoms with Gasteiger partial charge in [0.1, 0.15) is 6.54 Å².